The Hall–Kier alpha value is -1.32. The number of ether oxygens (including phenoxy) is 1. The van der Waals surface area contributed by atoms with Gasteiger partial charge in [-0.2, -0.15) is 0 Å². The third kappa shape index (κ3) is 2.16. The number of rotatable bonds is 2. The van der Waals surface area contributed by atoms with Crippen LogP contribution in [0.3, 0.4) is 0 Å². The van der Waals surface area contributed by atoms with E-state index in [4.69, 9.17) is 4.74 Å². The molecule has 1 unspecified atom stereocenters. The molecule has 0 radical (unpaired) electrons. The van der Waals surface area contributed by atoms with Gasteiger partial charge in [-0.05, 0) is 55.2 Å². The van der Waals surface area contributed by atoms with Gasteiger partial charge in [0, 0.05) is 9.75 Å². The Labute approximate surface area is 111 Å². The Bertz CT molecular complexity index is 559. The summed E-state index contributed by atoms with van der Waals surface area (Å²) in [4.78, 5) is 2.23. The number of aliphatic hydroxyl groups excluding tert-OH is 1. The van der Waals surface area contributed by atoms with Gasteiger partial charge in [-0.15, -0.1) is 11.3 Å². The van der Waals surface area contributed by atoms with Crippen molar-refractivity contribution < 1.29 is 9.84 Å². The monoisotopic (exact) mass is 260 g/mol. The van der Waals surface area contributed by atoms with Crippen LogP contribution in [0, 0.1) is 6.92 Å². The normalized spacial score (nSPS) is 15.9. The zero-order valence-corrected chi connectivity index (χ0v) is 11.2. The molecule has 2 aromatic rings. The molecule has 1 N–H and O–H groups in total. The first-order chi connectivity index (χ1) is 8.74. The lowest BCUT2D eigenvalue weighted by atomic mass is 10.00. The van der Waals surface area contributed by atoms with E-state index in [2.05, 4.69) is 13.0 Å². The van der Waals surface area contributed by atoms with E-state index in [9.17, 15) is 5.11 Å². The van der Waals surface area contributed by atoms with E-state index in [1.165, 1.54) is 10.4 Å². The molecule has 2 nitrogen and oxygen atoms in total. The predicted molar refractivity (Wildman–Crippen MR) is 73.4 cm³/mol. The average molecular weight is 260 g/mol. The molecule has 2 heterocycles. The summed E-state index contributed by atoms with van der Waals surface area (Å²) < 4.78 is 5.59. The third-order valence-corrected chi connectivity index (χ3v) is 4.33. The van der Waals surface area contributed by atoms with Gasteiger partial charge in [0.05, 0.1) is 6.61 Å². The van der Waals surface area contributed by atoms with E-state index < -0.39 is 6.10 Å². The van der Waals surface area contributed by atoms with Gasteiger partial charge in [0.2, 0.25) is 0 Å². The van der Waals surface area contributed by atoms with Gasteiger partial charge in [0.15, 0.2) is 0 Å². The second-order valence-electron chi connectivity index (χ2n) is 4.67. The van der Waals surface area contributed by atoms with Crippen LogP contribution in [0.25, 0.3) is 0 Å². The summed E-state index contributed by atoms with van der Waals surface area (Å²) in [6.07, 6.45) is 1.58. The largest absolute Gasteiger partial charge is 0.493 e. The van der Waals surface area contributed by atoms with Gasteiger partial charge in [-0.25, -0.2) is 0 Å². The molecule has 1 aliphatic heterocycles. The molecule has 0 bridgehead atoms. The summed E-state index contributed by atoms with van der Waals surface area (Å²) in [6, 6.07) is 10.1. The fraction of sp³-hybridized carbons (Fsp3) is 0.333. The van der Waals surface area contributed by atoms with Crippen LogP contribution in [0.4, 0.5) is 0 Å². The number of aliphatic hydroxyl groups is 1. The van der Waals surface area contributed by atoms with Crippen molar-refractivity contribution in [3.8, 4) is 5.75 Å². The molecule has 1 aromatic heterocycles. The molecule has 1 atom stereocenters. The summed E-state index contributed by atoms with van der Waals surface area (Å²) in [5, 5.41) is 10.4. The highest BCUT2D eigenvalue weighted by atomic mass is 32.1. The predicted octanol–water partition coefficient (Wildman–Crippen LogP) is 3.46. The number of fused-ring (bicyclic) bond motifs is 1. The van der Waals surface area contributed by atoms with E-state index in [1.54, 1.807) is 11.3 Å². The van der Waals surface area contributed by atoms with Crippen LogP contribution in [-0.4, -0.2) is 11.7 Å². The minimum absolute atomic E-state index is 0.518. The first kappa shape index (κ1) is 11.8. The van der Waals surface area contributed by atoms with Crippen LogP contribution in [0.1, 0.15) is 33.4 Å². The molecule has 0 fully saturated rings. The zero-order valence-electron chi connectivity index (χ0n) is 10.3. The summed E-state index contributed by atoms with van der Waals surface area (Å²) >= 11 is 1.65. The number of benzene rings is 1. The minimum atomic E-state index is -0.518. The molecule has 0 saturated heterocycles. The van der Waals surface area contributed by atoms with Crippen LogP contribution in [0.5, 0.6) is 5.75 Å². The maximum absolute atomic E-state index is 10.4. The Morgan fingerprint density at radius 1 is 1.28 bits per heavy atom. The van der Waals surface area contributed by atoms with Crippen molar-refractivity contribution in [2.45, 2.75) is 25.9 Å². The van der Waals surface area contributed by atoms with E-state index in [1.807, 2.05) is 24.3 Å². The maximum Gasteiger partial charge on any atom is 0.122 e. The lowest BCUT2D eigenvalue weighted by molar-refractivity contribution is 0.223. The fourth-order valence-electron chi connectivity index (χ4n) is 2.32. The van der Waals surface area contributed by atoms with Crippen molar-refractivity contribution in [1.29, 1.82) is 0 Å². The van der Waals surface area contributed by atoms with E-state index in [-0.39, 0.29) is 0 Å². The second-order valence-corrected chi connectivity index (χ2v) is 5.99. The first-order valence-electron chi connectivity index (χ1n) is 6.24. The molecule has 94 valence electrons. The summed E-state index contributed by atoms with van der Waals surface area (Å²) in [7, 11) is 0. The van der Waals surface area contributed by atoms with Crippen molar-refractivity contribution in [2.24, 2.45) is 0 Å². The summed E-state index contributed by atoms with van der Waals surface area (Å²) in [6.45, 7) is 2.86. The molecule has 0 amide bonds. The standard InChI is InChI=1S/C15H16O2S/c1-10-4-7-14(18-10)15(16)12-5-6-13-11(9-12)3-2-8-17-13/h4-7,9,15-16H,2-3,8H2,1H3. The number of hydrogen-bond acceptors (Lipinski definition) is 3. The number of hydrogen-bond donors (Lipinski definition) is 1. The molecule has 3 rings (SSSR count). The molecular formula is C15H16O2S. The molecular weight excluding hydrogens is 244 g/mol. The second kappa shape index (κ2) is 4.75. The van der Waals surface area contributed by atoms with E-state index in [0.29, 0.717) is 0 Å². The van der Waals surface area contributed by atoms with Gasteiger partial charge < -0.3 is 9.84 Å². The van der Waals surface area contributed by atoms with Crippen LogP contribution < -0.4 is 4.74 Å². The van der Waals surface area contributed by atoms with Gasteiger partial charge in [0.1, 0.15) is 11.9 Å². The van der Waals surface area contributed by atoms with Crippen molar-refractivity contribution in [3.63, 3.8) is 0 Å². The lowest BCUT2D eigenvalue weighted by Crippen LogP contribution is -2.09. The Balaban J connectivity index is 1.92. The molecule has 18 heavy (non-hydrogen) atoms. The van der Waals surface area contributed by atoms with Crippen molar-refractivity contribution >= 4 is 11.3 Å². The van der Waals surface area contributed by atoms with Gasteiger partial charge in [0.25, 0.3) is 0 Å². The summed E-state index contributed by atoms with van der Waals surface area (Å²) in [5.41, 5.74) is 2.17. The Morgan fingerprint density at radius 2 is 2.17 bits per heavy atom. The van der Waals surface area contributed by atoms with Gasteiger partial charge in [-0.3, -0.25) is 0 Å². The highest BCUT2D eigenvalue weighted by molar-refractivity contribution is 7.12. The SMILES string of the molecule is Cc1ccc(C(O)c2ccc3c(c2)CCCO3)s1. The maximum atomic E-state index is 10.4. The first-order valence-corrected chi connectivity index (χ1v) is 7.06. The molecule has 0 spiro atoms. The lowest BCUT2D eigenvalue weighted by Gasteiger charge is -2.19. The quantitative estimate of drug-likeness (QED) is 0.896. The molecule has 3 heteroatoms. The molecule has 0 saturated carbocycles. The molecule has 1 aromatic carbocycles. The highest BCUT2D eigenvalue weighted by Crippen LogP contribution is 2.32. The van der Waals surface area contributed by atoms with Crippen LogP contribution in [0.15, 0.2) is 30.3 Å². The molecule has 0 aliphatic carbocycles. The van der Waals surface area contributed by atoms with Gasteiger partial charge in [-0.1, -0.05) is 6.07 Å². The van der Waals surface area contributed by atoms with E-state index >= 15 is 0 Å². The summed E-state index contributed by atoms with van der Waals surface area (Å²) in [5.74, 6) is 0.972. The highest BCUT2D eigenvalue weighted by Gasteiger charge is 2.16. The third-order valence-electron chi connectivity index (χ3n) is 3.28. The van der Waals surface area contributed by atoms with Crippen LogP contribution >= 0.6 is 11.3 Å². The smallest absolute Gasteiger partial charge is 0.122 e. The number of aryl methyl sites for hydroxylation is 2. The van der Waals surface area contributed by atoms with Crippen molar-refractivity contribution in [3.05, 3.63) is 51.2 Å². The topological polar surface area (TPSA) is 29.5 Å². The average Bonchev–Trinajstić information content (AvgIpc) is 2.84. The van der Waals surface area contributed by atoms with Crippen molar-refractivity contribution in [1.82, 2.24) is 0 Å². The van der Waals surface area contributed by atoms with Crippen LogP contribution in [0.2, 0.25) is 0 Å². The van der Waals surface area contributed by atoms with Crippen LogP contribution in [-0.2, 0) is 6.42 Å². The Kier molecular flexibility index (Phi) is 3.10. The fourth-order valence-corrected chi connectivity index (χ4v) is 3.21. The van der Waals surface area contributed by atoms with E-state index in [0.717, 1.165) is 35.6 Å². The zero-order chi connectivity index (χ0) is 12.5. The van der Waals surface area contributed by atoms with Crippen molar-refractivity contribution in [2.75, 3.05) is 6.61 Å². The molecule has 1 aliphatic rings. The van der Waals surface area contributed by atoms with Gasteiger partial charge >= 0.3 is 0 Å². The Morgan fingerprint density at radius 3 is 2.94 bits per heavy atom. The minimum Gasteiger partial charge on any atom is -0.493 e. The number of thiophene rings is 1.